The van der Waals surface area contributed by atoms with Crippen molar-refractivity contribution < 1.29 is 13.6 Å². The highest BCUT2D eigenvalue weighted by Gasteiger charge is 2.67. The van der Waals surface area contributed by atoms with Crippen LogP contribution in [-0.4, -0.2) is 5.78 Å². The second-order valence-corrected chi connectivity index (χ2v) is 6.26. The lowest BCUT2D eigenvalue weighted by Gasteiger charge is -2.04. The van der Waals surface area contributed by atoms with Crippen molar-refractivity contribution in [2.24, 2.45) is 16.7 Å². The van der Waals surface area contributed by atoms with Crippen LogP contribution in [0.2, 0.25) is 0 Å². The summed E-state index contributed by atoms with van der Waals surface area (Å²) in [6.07, 6.45) is -0.0267. The number of benzene rings is 1. The number of halogens is 2. The minimum absolute atomic E-state index is 0.00509. The molecule has 18 heavy (non-hydrogen) atoms. The van der Waals surface area contributed by atoms with Crippen LogP contribution in [0.25, 0.3) is 0 Å². The van der Waals surface area contributed by atoms with Crippen molar-refractivity contribution in [3.63, 3.8) is 0 Å². The zero-order chi connectivity index (χ0) is 13.7. The van der Waals surface area contributed by atoms with E-state index in [1.807, 2.05) is 27.7 Å². The van der Waals surface area contributed by atoms with Gasteiger partial charge < -0.3 is 0 Å². The van der Waals surface area contributed by atoms with Gasteiger partial charge in [-0.2, -0.15) is 0 Å². The topological polar surface area (TPSA) is 17.1 Å². The summed E-state index contributed by atoms with van der Waals surface area (Å²) in [4.78, 5) is 12.2. The van der Waals surface area contributed by atoms with Crippen LogP contribution in [0.1, 0.15) is 33.3 Å². The molecular weight excluding hydrogens is 234 g/mol. The van der Waals surface area contributed by atoms with E-state index in [-0.39, 0.29) is 34.5 Å². The standard InChI is InChI=1S/C15H18F2O/c1-14(2)13(15(14,3)4)12(18)8-9-7-10(16)5-6-11(9)17/h5-7,13H,8H2,1-4H3. The molecule has 0 aromatic heterocycles. The van der Waals surface area contributed by atoms with Gasteiger partial charge >= 0.3 is 0 Å². The maximum absolute atomic E-state index is 13.5. The molecule has 0 heterocycles. The maximum Gasteiger partial charge on any atom is 0.141 e. The van der Waals surface area contributed by atoms with Crippen molar-refractivity contribution in [3.8, 4) is 0 Å². The van der Waals surface area contributed by atoms with Gasteiger partial charge in [0.1, 0.15) is 17.4 Å². The quantitative estimate of drug-likeness (QED) is 0.800. The number of ketones is 1. The van der Waals surface area contributed by atoms with Crippen LogP contribution >= 0.6 is 0 Å². The molecular formula is C15H18F2O. The summed E-state index contributed by atoms with van der Waals surface area (Å²) in [6, 6.07) is 3.24. The summed E-state index contributed by atoms with van der Waals surface area (Å²) in [7, 11) is 0. The van der Waals surface area contributed by atoms with Gasteiger partial charge in [-0.25, -0.2) is 8.78 Å². The Bertz CT molecular complexity index is 489. The van der Waals surface area contributed by atoms with Crippen molar-refractivity contribution in [1.82, 2.24) is 0 Å². The SMILES string of the molecule is CC1(C)C(C(=O)Cc2cc(F)ccc2F)C1(C)C. The second kappa shape index (κ2) is 3.87. The largest absolute Gasteiger partial charge is 0.299 e. The fraction of sp³-hybridized carbons (Fsp3) is 0.533. The predicted octanol–water partition coefficient (Wildman–Crippen LogP) is 3.76. The Morgan fingerprint density at radius 3 is 2.22 bits per heavy atom. The summed E-state index contributed by atoms with van der Waals surface area (Å²) in [5.74, 6) is -1.10. The first kappa shape index (κ1) is 13.2. The maximum atomic E-state index is 13.5. The van der Waals surface area contributed by atoms with Crippen molar-refractivity contribution in [1.29, 1.82) is 0 Å². The van der Waals surface area contributed by atoms with Crippen LogP contribution in [0, 0.1) is 28.4 Å². The third-order valence-corrected chi connectivity index (χ3v) is 4.72. The molecule has 0 spiro atoms. The summed E-state index contributed by atoms with van der Waals surface area (Å²) in [6.45, 7) is 8.16. The molecule has 1 aliphatic rings. The highest BCUT2D eigenvalue weighted by Crippen LogP contribution is 2.68. The lowest BCUT2D eigenvalue weighted by Crippen LogP contribution is -2.11. The molecule has 0 N–H and O–H groups in total. The van der Waals surface area contributed by atoms with Gasteiger partial charge in [0.2, 0.25) is 0 Å². The first-order valence-corrected chi connectivity index (χ1v) is 6.14. The average molecular weight is 252 g/mol. The molecule has 0 saturated heterocycles. The van der Waals surface area contributed by atoms with Gasteiger partial charge in [0, 0.05) is 12.3 Å². The van der Waals surface area contributed by atoms with Crippen LogP contribution in [0.5, 0.6) is 0 Å². The molecule has 0 radical (unpaired) electrons. The van der Waals surface area contributed by atoms with E-state index in [0.29, 0.717) is 0 Å². The molecule has 0 unspecified atom stereocenters. The normalized spacial score (nSPS) is 20.8. The highest BCUT2D eigenvalue weighted by molar-refractivity contribution is 5.88. The molecule has 0 aliphatic heterocycles. The molecule has 3 heteroatoms. The zero-order valence-corrected chi connectivity index (χ0v) is 11.2. The van der Waals surface area contributed by atoms with E-state index in [9.17, 15) is 13.6 Å². The van der Waals surface area contributed by atoms with Crippen LogP contribution in [0.4, 0.5) is 8.78 Å². The molecule has 1 aliphatic carbocycles. The molecule has 0 amide bonds. The van der Waals surface area contributed by atoms with E-state index in [4.69, 9.17) is 0 Å². The van der Waals surface area contributed by atoms with E-state index >= 15 is 0 Å². The van der Waals surface area contributed by atoms with Gasteiger partial charge in [0.05, 0.1) is 0 Å². The Morgan fingerprint density at radius 2 is 1.72 bits per heavy atom. The van der Waals surface area contributed by atoms with Crippen LogP contribution in [0.15, 0.2) is 18.2 Å². The molecule has 1 nitrogen and oxygen atoms in total. The van der Waals surface area contributed by atoms with Crippen LogP contribution in [0.3, 0.4) is 0 Å². The van der Waals surface area contributed by atoms with E-state index in [0.717, 1.165) is 18.2 Å². The second-order valence-electron chi connectivity index (χ2n) is 6.26. The molecule has 1 fully saturated rings. The van der Waals surface area contributed by atoms with Crippen molar-refractivity contribution in [3.05, 3.63) is 35.4 Å². The van der Waals surface area contributed by atoms with E-state index in [1.54, 1.807) is 0 Å². The zero-order valence-electron chi connectivity index (χ0n) is 11.2. The Labute approximate surface area is 106 Å². The fourth-order valence-electron chi connectivity index (χ4n) is 2.97. The summed E-state index contributed by atoms with van der Waals surface area (Å²) in [5.41, 5.74) is 0.0281. The van der Waals surface area contributed by atoms with Crippen molar-refractivity contribution in [2.75, 3.05) is 0 Å². The minimum atomic E-state index is -0.513. The van der Waals surface area contributed by atoms with E-state index < -0.39 is 11.6 Å². The predicted molar refractivity (Wildman–Crippen MR) is 66.1 cm³/mol. The number of Topliss-reactive ketones (excluding diaryl/α,β-unsaturated/α-hetero) is 1. The van der Waals surface area contributed by atoms with Gasteiger partial charge in [0.15, 0.2) is 0 Å². The first-order valence-electron chi connectivity index (χ1n) is 6.14. The highest BCUT2D eigenvalue weighted by atomic mass is 19.1. The number of hydrogen-bond acceptors (Lipinski definition) is 1. The fourth-order valence-corrected chi connectivity index (χ4v) is 2.97. The molecule has 1 aromatic rings. The monoisotopic (exact) mass is 252 g/mol. The number of hydrogen-bond donors (Lipinski definition) is 0. The summed E-state index contributed by atoms with van der Waals surface area (Å²) < 4.78 is 26.5. The molecule has 1 aromatic carbocycles. The molecule has 2 rings (SSSR count). The van der Waals surface area contributed by atoms with Gasteiger partial charge in [-0.15, -0.1) is 0 Å². The minimum Gasteiger partial charge on any atom is -0.299 e. The van der Waals surface area contributed by atoms with E-state index in [2.05, 4.69) is 0 Å². The van der Waals surface area contributed by atoms with Crippen molar-refractivity contribution >= 4 is 5.78 Å². The smallest absolute Gasteiger partial charge is 0.141 e. The molecule has 1 saturated carbocycles. The Morgan fingerprint density at radius 1 is 1.17 bits per heavy atom. The first-order chi connectivity index (χ1) is 8.18. The lowest BCUT2D eigenvalue weighted by atomic mass is 10.0. The third-order valence-electron chi connectivity index (χ3n) is 4.72. The number of carbonyl (C=O) groups is 1. The molecule has 0 atom stereocenters. The van der Waals surface area contributed by atoms with Gasteiger partial charge in [-0.05, 0) is 34.6 Å². The van der Waals surface area contributed by atoms with Gasteiger partial charge in [-0.3, -0.25) is 4.79 Å². The molecule has 0 bridgehead atoms. The van der Waals surface area contributed by atoms with Gasteiger partial charge in [-0.1, -0.05) is 27.7 Å². The summed E-state index contributed by atoms with van der Waals surface area (Å²) >= 11 is 0. The summed E-state index contributed by atoms with van der Waals surface area (Å²) in [5, 5.41) is 0. The molecule has 98 valence electrons. The number of rotatable bonds is 3. The van der Waals surface area contributed by atoms with Gasteiger partial charge in [0.25, 0.3) is 0 Å². The van der Waals surface area contributed by atoms with E-state index in [1.165, 1.54) is 0 Å². The lowest BCUT2D eigenvalue weighted by molar-refractivity contribution is -0.120. The average Bonchev–Trinajstić information content (AvgIpc) is 2.63. The van der Waals surface area contributed by atoms with Crippen molar-refractivity contribution in [2.45, 2.75) is 34.1 Å². The Kier molecular flexibility index (Phi) is 2.84. The number of carbonyl (C=O) groups excluding carboxylic acids is 1. The van der Waals surface area contributed by atoms with Crippen LogP contribution < -0.4 is 0 Å². The third kappa shape index (κ3) is 1.86. The Balaban J connectivity index is 2.17. The Hall–Kier alpha value is -1.25. The van der Waals surface area contributed by atoms with Crippen LogP contribution in [-0.2, 0) is 11.2 Å².